The molecule has 0 aliphatic rings. The number of carbonyl (C=O) groups is 1. The van der Waals surface area contributed by atoms with E-state index in [1.165, 1.54) is 25.3 Å². The summed E-state index contributed by atoms with van der Waals surface area (Å²) in [5.41, 5.74) is -0.189. The maximum Gasteiger partial charge on any atom is 0.339 e. The Morgan fingerprint density at radius 1 is 1.09 bits per heavy atom. The normalized spacial score (nSPS) is 11.5. The van der Waals surface area contributed by atoms with Crippen molar-refractivity contribution >= 4 is 5.97 Å². The lowest BCUT2D eigenvalue weighted by molar-refractivity contribution is 0.0201. The molecule has 1 unspecified atom stereocenters. The summed E-state index contributed by atoms with van der Waals surface area (Å²) in [6.07, 6.45) is -0.661. The van der Waals surface area contributed by atoms with Crippen LogP contribution in [-0.4, -0.2) is 29.6 Å². The van der Waals surface area contributed by atoms with Crippen LogP contribution in [0.3, 0.4) is 0 Å². The molecule has 22 heavy (non-hydrogen) atoms. The van der Waals surface area contributed by atoms with Crippen LogP contribution in [0.25, 0.3) is 0 Å². The maximum absolute atomic E-state index is 10.8. The van der Waals surface area contributed by atoms with Gasteiger partial charge in [-0.1, -0.05) is 12.1 Å². The largest absolute Gasteiger partial charge is 0.507 e. The van der Waals surface area contributed by atoms with Gasteiger partial charge in [-0.25, -0.2) is 4.79 Å². The fourth-order valence-electron chi connectivity index (χ4n) is 1.88. The van der Waals surface area contributed by atoms with E-state index in [-0.39, 0.29) is 11.3 Å². The SMILES string of the molecule is COc1ccccc1OC(C)Oc1ccc(C(=O)O)c(O)c1. The predicted octanol–water partition coefficient (Wildman–Crippen LogP) is 2.90. The quantitative estimate of drug-likeness (QED) is 0.798. The van der Waals surface area contributed by atoms with E-state index in [4.69, 9.17) is 19.3 Å². The molecule has 2 N–H and O–H groups in total. The van der Waals surface area contributed by atoms with Crippen molar-refractivity contribution in [2.75, 3.05) is 7.11 Å². The molecule has 1 atom stereocenters. The van der Waals surface area contributed by atoms with Crippen molar-refractivity contribution in [1.29, 1.82) is 0 Å². The third-order valence-corrected chi connectivity index (χ3v) is 2.86. The average Bonchev–Trinajstić information content (AvgIpc) is 2.47. The average molecular weight is 304 g/mol. The van der Waals surface area contributed by atoms with Crippen LogP contribution in [0.15, 0.2) is 42.5 Å². The van der Waals surface area contributed by atoms with Crippen molar-refractivity contribution in [2.45, 2.75) is 13.2 Å². The molecule has 0 aliphatic heterocycles. The molecule has 0 amide bonds. The first-order valence-corrected chi connectivity index (χ1v) is 6.54. The molecular weight excluding hydrogens is 288 g/mol. The van der Waals surface area contributed by atoms with Gasteiger partial charge in [0, 0.05) is 13.0 Å². The monoisotopic (exact) mass is 304 g/mol. The molecule has 0 aromatic heterocycles. The van der Waals surface area contributed by atoms with Gasteiger partial charge in [0.2, 0.25) is 6.29 Å². The van der Waals surface area contributed by atoms with Crippen LogP contribution >= 0.6 is 0 Å². The standard InChI is InChI=1S/C16H16O6/c1-10(22-15-6-4-3-5-14(15)20-2)21-11-7-8-12(16(18)19)13(17)9-11/h3-10,17H,1-2H3,(H,18,19). The molecule has 0 saturated heterocycles. The van der Waals surface area contributed by atoms with Gasteiger partial charge in [0.05, 0.1) is 7.11 Å². The summed E-state index contributed by atoms with van der Waals surface area (Å²) in [5.74, 6) is -0.187. The molecule has 0 aliphatic carbocycles. The number of rotatable bonds is 6. The van der Waals surface area contributed by atoms with Crippen LogP contribution in [0.4, 0.5) is 0 Å². The molecule has 0 heterocycles. The molecule has 0 spiro atoms. The second-order valence-corrected chi connectivity index (χ2v) is 4.44. The molecule has 6 heteroatoms. The van der Waals surface area contributed by atoms with E-state index < -0.39 is 12.3 Å². The van der Waals surface area contributed by atoms with Gasteiger partial charge in [-0.3, -0.25) is 0 Å². The number of methoxy groups -OCH3 is 1. The first-order chi connectivity index (χ1) is 10.5. The smallest absolute Gasteiger partial charge is 0.339 e. The van der Waals surface area contributed by atoms with E-state index in [2.05, 4.69) is 0 Å². The first-order valence-electron chi connectivity index (χ1n) is 6.54. The van der Waals surface area contributed by atoms with Crippen LogP contribution in [0.2, 0.25) is 0 Å². The Labute approximate surface area is 127 Å². The van der Waals surface area contributed by atoms with Gasteiger partial charge in [0.15, 0.2) is 11.5 Å². The molecule has 116 valence electrons. The van der Waals surface area contributed by atoms with E-state index in [1.54, 1.807) is 25.1 Å². The summed E-state index contributed by atoms with van der Waals surface area (Å²) in [5, 5.41) is 18.5. The number of hydrogen-bond acceptors (Lipinski definition) is 5. The number of carboxylic acids is 1. The Hall–Kier alpha value is -2.89. The van der Waals surface area contributed by atoms with E-state index >= 15 is 0 Å². The third-order valence-electron chi connectivity index (χ3n) is 2.86. The molecule has 2 aromatic rings. The second-order valence-electron chi connectivity index (χ2n) is 4.44. The molecule has 2 rings (SSSR count). The second kappa shape index (κ2) is 6.71. The molecule has 0 fully saturated rings. The minimum absolute atomic E-state index is 0.189. The molecule has 2 aromatic carbocycles. The fraction of sp³-hybridized carbons (Fsp3) is 0.188. The number of para-hydroxylation sites is 2. The number of hydrogen-bond donors (Lipinski definition) is 2. The zero-order valence-electron chi connectivity index (χ0n) is 12.1. The number of benzene rings is 2. The van der Waals surface area contributed by atoms with Crippen LogP contribution in [0.5, 0.6) is 23.0 Å². The lowest BCUT2D eigenvalue weighted by atomic mass is 10.2. The number of aromatic carboxylic acids is 1. The lowest BCUT2D eigenvalue weighted by Crippen LogP contribution is -2.20. The van der Waals surface area contributed by atoms with Crippen LogP contribution in [0, 0.1) is 0 Å². The van der Waals surface area contributed by atoms with E-state index in [0.29, 0.717) is 17.2 Å². The Bertz CT molecular complexity index is 667. The number of ether oxygens (including phenoxy) is 3. The summed E-state index contributed by atoms with van der Waals surface area (Å²) >= 11 is 0. The summed E-state index contributed by atoms with van der Waals surface area (Å²) in [7, 11) is 1.54. The van der Waals surface area contributed by atoms with Crippen molar-refractivity contribution in [2.24, 2.45) is 0 Å². The van der Waals surface area contributed by atoms with Crippen molar-refractivity contribution < 1.29 is 29.2 Å². The Morgan fingerprint density at radius 2 is 1.77 bits per heavy atom. The Morgan fingerprint density at radius 3 is 2.36 bits per heavy atom. The van der Waals surface area contributed by atoms with Gasteiger partial charge in [-0.15, -0.1) is 0 Å². The molecule has 6 nitrogen and oxygen atoms in total. The molecule has 0 bridgehead atoms. The summed E-state index contributed by atoms with van der Waals surface area (Å²) < 4.78 is 16.3. The van der Waals surface area contributed by atoms with Gasteiger partial charge in [-0.2, -0.15) is 0 Å². The fourth-order valence-corrected chi connectivity index (χ4v) is 1.88. The summed E-state index contributed by atoms with van der Waals surface area (Å²) in [6.45, 7) is 1.68. The summed E-state index contributed by atoms with van der Waals surface area (Å²) in [6, 6.07) is 11.1. The van der Waals surface area contributed by atoms with E-state index in [0.717, 1.165) is 0 Å². The van der Waals surface area contributed by atoms with Crippen LogP contribution in [0.1, 0.15) is 17.3 Å². The van der Waals surface area contributed by atoms with Crippen molar-refractivity contribution in [3.05, 3.63) is 48.0 Å². The Balaban J connectivity index is 2.07. The minimum Gasteiger partial charge on any atom is -0.507 e. The van der Waals surface area contributed by atoms with Gasteiger partial charge >= 0.3 is 5.97 Å². The van der Waals surface area contributed by atoms with Crippen molar-refractivity contribution in [3.63, 3.8) is 0 Å². The van der Waals surface area contributed by atoms with E-state index in [1.807, 2.05) is 6.07 Å². The molecule has 0 radical (unpaired) electrons. The summed E-state index contributed by atoms with van der Waals surface area (Å²) in [4.78, 5) is 10.8. The van der Waals surface area contributed by atoms with Gasteiger partial charge < -0.3 is 24.4 Å². The zero-order chi connectivity index (χ0) is 16.1. The van der Waals surface area contributed by atoms with Crippen LogP contribution < -0.4 is 14.2 Å². The van der Waals surface area contributed by atoms with Crippen molar-refractivity contribution in [3.8, 4) is 23.0 Å². The maximum atomic E-state index is 10.8. The van der Waals surface area contributed by atoms with Crippen LogP contribution in [-0.2, 0) is 0 Å². The predicted molar refractivity (Wildman–Crippen MR) is 78.8 cm³/mol. The third kappa shape index (κ3) is 3.60. The molecular formula is C16H16O6. The molecule has 0 saturated carbocycles. The highest BCUT2D eigenvalue weighted by Crippen LogP contribution is 2.28. The minimum atomic E-state index is -1.21. The lowest BCUT2D eigenvalue weighted by Gasteiger charge is -2.18. The Kier molecular flexibility index (Phi) is 4.73. The highest BCUT2D eigenvalue weighted by Gasteiger charge is 2.13. The number of aromatic hydroxyl groups is 1. The van der Waals surface area contributed by atoms with Crippen molar-refractivity contribution in [1.82, 2.24) is 0 Å². The first kappa shape index (κ1) is 15.5. The van der Waals surface area contributed by atoms with E-state index in [9.17, 15) is 9.90 Å². The van der Waals surface area contributed by atoms with Gasteiger partial charge in [0.25, 0.3) is 0 Å². The number of carboxylic acid groups (broad SMARTS) is 1. The zero-order valence-corrected chi connectivity index (χ0v) is 12.1. The van der Waals surface area contributed by atoms with Gasteiger partial charge in [-0.05, 0) is 24.3 Å². The highest BCUT2D eigenvalue weighted by atomic mass is 16.7. The topological polar surface area (TPSA) is 85.2 Å². The number of phenols is 1. The highest BCUT2D eigenvalue weighted by molar-refractivity contribution is 5.90. The van der Waals surface area contributed by atoms with Gasteiger partial charge in [0.1, 0.15) is 17.1 Å².